The predicted molar refractivity (Wildman–Crippen MR) is 73.1 cm³/mol. The van der Waals surface area contributed by atoms with Crippen LogP contribution in [0.3, 0.4) is 0 Å². The van der Waals surface area contributed by atoms with Crippen molar-refractivity contribution in [2.75, 3.05) is 6.54 Å². The highest BCUT2D eigenvalue weighted by atomic mass is 16.2. The average Bonchev–Trinajstić information content (AvgIpc) is 2.80. The molecule has 0 bridgehead atoms. The van der Waals surface area contributed by atoms with Gasteiger partial charge in [0, 0.05) is 19.5 Å². The summed E-state index contributed by atoms with van der Waals surface area (Å²) in [7, 11) is 0. The Hall–Kier alpha value is -2.34. The number of benzene rings is 2. The van der Waals surface area contributed by atoms with E-state index in [0.717, 1.165) is 5.56 Å². The number of amides is 1. The summed E-state index contributed by atoms with van der Waals surface area (Å²) in [5.41, 5.74) is 1.14. The second kappa shape index (κ2) is 4.74. The Morgan fingerprint density at radius 1 is 1.21 bits per heavy atom. The second-order valence-corrected chi connectivity index (χ2v) is 4.94. The van der Waals surface area contributed by atoms with Crippen LogP contribution >= 0.6 is 0 Å². The highest BCUT2D eigenvalue weighted by Gasteiger charge is 2.29. The Morgan fingerprint density at radius 3 is 2.79 bits per heavy atom. The molecule has 1 aliphatic heterocycles. The lowest BCUT2D eigenvalue weighted by atomic mass is 10.0. The molecule has 0 spiro atoms. The van der Waals surface area contributed by atoms with E-state index in [1.165, 1.54) is 10.8 Å². The van der Waals surface area contributed by atoms with Gasteiger partial charge in [-0.1, -0.05) is 42.5 Å². The van der Waals surface area contributed by atoms with Gasteiger partial charge < -0.3 is 4.90 Å². The molecule has 1 unspecified atom stereocenters. The molecule has 2 aromatic rings. The van der Waals surface area contributed by atoms with Crippen LogP contribution in [0.5, 0.6) is 0 Å². The van der Waals surface area contributed by atoms with E-state index >= 15 is 0 Å². The molecule has 1 aliphatic rings. The number of nitrogens with zero attached hydrogens (tertiary/aromatic N) is 2. The lowest BCUT2D eigenvalue weighted by Gasteiger charge is -2.17. The predicted octanol–water partition coefficient (Wildman–Crippen LogP) is 2.71. The van der Waals surface area contributed by atoms with Crippen LogP contribution in [0.2, 0.25) is 0 Å². The summed E-state index contributed by atoms with van der Waals surface area (Å²) in [5.74, 6) is -0.0676. The number of rotatable bonds is 2. The molecule has 1 heterocycles. The van der Waals surface area contributed by atoms with Crippen LogP contribution in [0.1, 0.15) is 12.0 Å². The molecular weight excluding hydrogens is 236 g/mol. The minimum atomic E-state index is -0.150. The summed E-state index contributed by atoms with van der Waals surface area (Å²) in [6.45, 7) is 1.15. The summed E-state index contributed by atoms with van der Waals surface area (Å²) >= 11 is 0. The van der Waals surface area contributed by atoms with E-state index in [1.807, 2.05) is 18.2 Å². The lowest BCUT2D eigenvalue weighted by molar-refractivity contribution is -0.128. The molecule has 0 N–H and O–H groups in total. The van der Waals surface area contributed by atoms with Gasteiger partial charge in [-0.25, -0.2) is 0 Å². The topological polar surface area (TPSA) is 44.1 Å². The molecule has 94 valence electrons. The van der Waals surface area contributed by atoms with Crippen molar-refractivity contribution < 1.29 is 4.79 Å². The van der Waals surface area contributed by atoms with Gasteiger partial charge in [0.05, 0.1) is 12.0 Å². The van der Waals surface area contributed by atoms with Crippen molar-refractivity contribution in [3.63, 3.8) is 0 Å². The van der Waals surface area contributed by atoms with Gasteiger partial charge in [-0.3, -0.25) is 4.79 Å². The van der Waals surface area contributed by atoms with E-state index < -0.39 is 0 Å². The molecule has 1 fully saturated rings. The number of hydrogen-bond donors (Lipinski definition) is 0. The van der Waals surface area contributed by atoms with Crippen molar-refractivity contribution >= 4 is 16.7 Å². The molecule has 0 radical (unpaired) electrons. The molecule has 1 atom stereocenters. The fraction of sp³-hybridized carbons (Fsp3) is 0.250. The summed E-state index contributed by atoms with van der Waals surface area (Å²) in [4.78, 5) is 13.6. The van der Waals surface area contributed by atoms with Crippen molar-refractivity contribution in [1.29, 1.82) is 5.26 Å². The van der Waals surface area contributed by atoms with Crippen LogP contribution in [-0.4, -0.2) is 17.4 Å². The number of fused-ring (bicyclic) bond motifs is 1. The van der Waals surface area contributed by atoms with E-state index in [-0.39, 0.29) is 11.8 Å². The van der Waals surface area contributed by atoms with Crippen LogP contribution in [0.25, 0.3) is 10.8 Å². The van der Waals surface area contributed by atoms with Crippen molar-refractivity contribution in [1.82, 2.24) is 4.90 Å². The van der Waals surface area contributed by atoms with Crippen LogP contribution in [-0.2, 0) is 11.3 Å². The first-order chi connectivity index (χ1) is 9.28. The maximum atomic E-state index is 11.9. The third kappa shape index (κ3) is 2.17. The zero-order valence-electron chi connectivity index (χ0n) is 10.5. The third-order valence-electron chi connectivity index (χ3n) is 3.64. The first kappa shape index (κ1) is 11.7. The second-order valence-electron chi connectivity index (χ2n) is 4.94. The SMILES string of the molecule is N#CC1CC(=O)N(Cc2cccc3ccccc23)C1. The molecule has 0 aliphatic carbocycles. The Bertz CT molecular complexity index is 666. The van der Waals surface area contributed by atoms with E-state index in [9.17, 15) is 4.79 Å². The van der Waals surface area contributed by atoms with Crippen molar-refractivity contribution in [3.8, 4) is 6.07 Å². The Kier molecular flexibility index (Phi) is 2.92. The molecule has 1 saturated heterocycles. The number of carbonyl (C=O) groups excluding carboxylic acids is 1. The molecule has 0 aromatic heterocycles. The van der Waals surface area contributed by atoms with Gasteiger partial charge in [0.2, 0.25) is 5.91 Å². The monoisotopic (exact) mass is 250 g/mol. The molecule has 0 saturated carbocycles. The summed E-state index contributed by atoms with van der Waals surface area (Å²) in [6, 6.07) is 16.5. The largest absolute Gasteiger partial charge is 0.337 e. The fourth-order valence-corrected chi connectivity index (χ4v) is 2.65. The van der Waals surface area contributed by atoms with Gasteiger partial charge in [0.1, 0.15) is 0 Å². The number of nitriles is 1. The van der Waals surface area contributed by atoms with Gasteiger partial charge in [-0.05, 0) is 16.3 Å². The molecule has 1 amide bonds. The molecular formula is C16H14N2O. The zero-order valence-corrected chi connectivity index (χ0v) is 10.5. The quantitative estimate of drug-likeness (QED) is 0.822. The maximum Gasteiger partial charge on any atom is 0.224 e. The zero-order chi connectivity index (χ0) is 13.2. The Labute approximate surface area is 112 Å². The van der Waals surface area contributed by atoms with Crippen LogP contribution in [0.15, 0.2) is 42.5 Å². The van der Waals surface area contributed by atoms with Crippen LogP contribution in [0.4, 0.5) is 0 Å². The Morgan fingerprint density at radius 2 is 2.00 bits per heavy atom. The fourth-order valence-electron chi connectivity index (χ4n) is 2.65. The molecule has 19 heavy (non-hydrogen) atoms. The lowest BCUT2D eigenvalue weighted by Crippen LogP contribution is -2.24. The molecule has 2 aromatic carbocycles. The maximum absolute atomic E-state index is 11.9. The molecule has 3 rings (SSSR count). The van der Waals surface area contributed by atoms with Gasteiger partial charge in [-0.2, -0.15) is 5.26 Å². The molecule has 3 nitrogen and oxygen atoms in total. The highest BCUT2D eigenvalue weighted by Crippen LogP contribution is 2.24. The number of hydrogen-bond acceptors (Lipinski definition) is 2. The number of likely N-dealkylation sites (tertiary alicyclic amines) is 1. The van der Waals surface area contributed by atoms with E-state index in [1.54, 1.807) is 4.90 Å². The van der Waals surface area contributed by atoms with Crippen molar-refractivity contribution in [2.45, 2.75) is 13.0 Å². The van der Waals surface area contributed by atoms with E-state index in [0.29, 0.717) is 19.5 Å². The molecule has 3 heteroatoms. The summed E-state index contributed by atoms with van der Waals surface area (Å²) in [6.07, 6.45) is 0.362. The van der Waals surface area contributed by atoms with Gasteiger partial charge in [0.25, 0.3) is 0 Å². The van der Waals surface area contributed by atoms with Crippen LogP contribution < -0.4 is 0 Å². The van der Waals surface area contributed by atoms with Gasteiger partial charge >= 0.3 is 0 Å². The normalized spacial score (nSPS) is 18.8. The average molecular weight is 250 g/mol. The van der Waals surface area contributed by atoms with Gasteiger partial charge in [0.15, 0.2) is 0 Å². The highest BCUT2D eigenvalue weighted by molar-refractivity contribution is 5.86. The van der Waals surface area contributed by atoms with Crippen molar-refractivity contribution in [2.24, 2.45) is 5.92 Å². The Balaban J connectivity index is 1.90. The first-order valence-electron chi connectivity index (χ1n) is 6.42. The number of carbonyl (C=O) groups is 1. The van der Waals surface area contributed by atoms with Crippen molar-refractivity contribution in [3.05, 3.63) is 48.0 Å². The third-order valence-corrected chi connectivity index (χ3v) is 3.64. The van der Waals surface area contributed by atoms with Crippen LogP contribution in [0, 0.1) is 17.2 Å². The van der Waals surface area contributed by atoms with E-state index in [4.69, 9.17) is 5.26 Å². The summed E-state index contributed by atoms with van der Waals surface area (Å²) in [5, 5.41) is 11.3. The van der Waals surface area contributed by atoms with E-state index in [2.05, 4.69) is 30.3 Å². The minimum Gasteiger partial charge on any atom is -0.337 e. The standard InChI is InChI=1S/C16H14N2O/c17-9-12-8-16(19)18(10-12)11-14-6-3-5-13-4-1-2-7-15(13)14/h1-7,12H,8,10-11H2. The summed E-state index contributed by atoms with van der Waals surface area (Å²) < 4.78 is 0. The minimum absolute atomic E-state index is 0.0829. The smallest absolute Gasteiger partial charge is 0.224 e. The first-order valence-corrected chi connectivity index (χ1v) is 6.42. The van der Waals surface area contributed by atoms with Gasteiger partial charge in [-0.15, -0.1) is 0 Å².